The van der Waals surface area contributed by atoms with Gasteiger partial charge in [0.25, 0.3) is 11.7 Å². The number of aromatic amines is 1. The molecule has 0 spiro atoms. The molecule has 1 aliphatic rings. The number of imidazole rings is 1. The summed E-state index contributed by atoms with van der Waals surface area (Å²) in [5.41, 5.74) is 1.08. The Balaban J connectivity index is 1.76. The quantitative estimate of drug-likeness (QED) is 0.236. The van der Waals surface area contributed by atoms with Crippen LogP contribution >= 0.6 is 0 Å². The number of amides is 1. The number of Topliss-reactive ketones (excluding diaryl/α,β-unsaturated/α-hetero) is 1. The first kappa shape index (κ1) is 22.1. The van der Waals surface area contributed by atoms with Crippen molar-refractivity contribution in [2.45, 2.75) is 19.0 Å². The number of rotatable bonds is 8. The molecular weight excluding hydrogens is 424 g/mol. The number of ketones is 1. The maximum atomic E-state index is 13.1. The van der Waals surface area contributed by atoms with Crippen molar-refractivity contribution in [3.63, 3.8) is 0 Å². The third-order valence-electron chi connectivity index (χ3n) is 5.63. The van der Waals surface area contributed by atoms with E-state index in [2.05, 4.69) is 9.97 Å². The van der Waals surface area contributed by atoms with Gasteiger partial charge in [-0.25, -0.2) is 4.57 Å². The van der Waals surface area contributed by atoms with E-state index >= 15 is 0 Å². The number of pyridine rings is 1. The first-order valence-corrected chi connectivity index (χ1v) is 10.5. The molecule has 3 aromatic rings. The number of carbonyl (C=O) groups is 2. The summed E-state index contributed by atoms with van der Waals surface area (Å²) in [6.45, 7) is 0.990. The maximum Gasteiger partial charge on any atom is 0.295 e. The van der Waals surface area contributed by atoms with E-state index in [1.807, 2.05) is 23.3 Å². The molecule has 4 rings (SSSR count). The first-order valence-electron chi connectivity index (χ1n) is 10.5. The number of hydrogen-bond donors (Lipinski definition) is 2. The number of nitrogens with zero attached hydrogens (tertiary/aromatic N) is 3. The van der Waals surface area contributed by atoms with Gasteiger partial charge in [-0.3, -0.25) is 19.6 Å². The number of hydrogen-bond acceptors (Lipinski definition) is 6. The molecular formula is C24H25N4O5+. The van der Waals surface area contributed by atoms with Crippen LogP contribution < -0.4 is 14.0 Å². The third kappa shape index (κ3) is 4.30. The lowest BCUT2D eigenvalue weighted by Crippen LogP contribution is -2.36. The van der Waals surface area contributed by atoms with E-state index in [9.17, 15) is 14.7 Å². The maximum absolute atomic E-state index is 13.1. The Morgan fingerprint density at radius 1 is 1.15 bits per heavy atom. The second kappa shape index (κ2) is 9.56. The molecule has 1 fully saturated rings. The fourth-order valence-electron chi connectivity index (χ4n) is 4.03. The molecule has 9 heteroatoms. The number of aromatic nitrogens is 3. The molecule has 0 aliphatic carbocycles. The number of aryl methyl sites for hydroxylation is 1. The molecule has 3 heterocycles. The number of methoxy groups -OCH3 is 2. The van der Waals surface area contributed by atoms with Gasteiger partial charge < -0.3 is 19.5 Å². The van der Waals surface area contributed by atoms with Crippen LogP contribution in [0.5, 0.6) is 11.5 Å². The van der Waals surface area contributed by atoms with Crippen LogP contribution in [0.25, 0.3) is 5.76 Å². The molecule has 0 radical (unpaired) electrons. The molecule has 1 aliphatic heterocycles. The summed E-state index contributed by atoms with van der Waals surface area (Å²) in [4.78, 5) is 34.6. The lowest BCUT2D eigenvalue weighted by Gasteiger charge is -2.25. The van der Waals surface area contributed by atoms with E-state index in [4.69, 9.17) is 9.47 Å². The summed E-state index contributed by atoms with van der Waals surface area (Å²) in [6.07, 6.45) is 9.18. The highest BCUT2D eigenvalue weighted by atomic mass is 16.5. The summed E-state index contributed by atoms with van der Waals surface area (Å²) in [5.74, 6) is -0.621. The molecule has 1 atom stereocenters. The third-order valence-corrected chi connectivity index (χ3v) is 5.63. The average molecular weight is 449 g/mol. The number of ether oxygens (including phenoxy) is 2. The molecule has 2 aromatic heterocycles. The minimum absolute atomic E-state index is 0.0349. The highest BCUT2D eigenvalue weighted by Gasteiger charge is 2.46. The number of aliphatic hydroxyl groups is 1. The first-order chi connectivity index (χ1) is 16.0. The number of nitrogens with one attached hydrogen (secondary N) is 1. The van der Waals surface area contributed by atoms with Gasteiger partial charge in [-0.05, 0) is 29.8 Å². The Morgan fingerprint density at radius 2 is 1.91 bits per heavy atom. The van der Waals surface area contributed by atoms with E-state index in [-0.39, 0.29) is 11.3 Å². The Labute approximate surface area is 190 Å². The minimum atomic E-state index is -0.769. The SMILES string of the molecule is COc1ccc(C2C(=C(O)c3ccncc3)C(=O)C(=O)N2CCC[n+]2cc[nH]c2)cc1OC. The standard InChI is InChI=1S/C24H24N4O5/c1-32-18-5-4-17(14-19(18)33-2)21-20(22(29)16-6-8-25-9-7-16)23(30)24(31)28(21)12-3-11-27-13-10-26-15-27/h4-10,13-15,21H,3,11-12H2,1-2H3,(H,29,30)/p+1. The van der Waals surface area contributed by atoms with E-state index in [0.717, 1.165) is 0 Å². The predicted octanol–water partition coefficient (Wildman–Crippen LogP) is 2.23. The van der Waals surface area contributed by atoms with Crippen LogP contribution in [0.15, 0.2) is 67.0 Å². The van der Waals surface area contributed by atoms with Crippen LogP contribution in [-0.4, -0.2) is 52.4 Å². The van der Waals surface area contributed by atoms with Gasteiger partial charge in [0.05, 0.1) is 32.4 Å². The predicted molar refractivity (Wildman–Crippen MR) is 118 cm³/mol. The fraction of sp³-hybridized carbons (Fsp3) is 0.250. The second-order valence-electron chi connectivity index (χ2n) is 7.55. The average Bonchev–Trinajstić information content (AvgIpc) is 3.46. The van der Waals surface area contributed by atoms with Gasteiger partial charge in [0.15, 0.2) is 11.5 Å². The zero-order valence-corrected chi connectivity index (χ0v) is 18.4. The number of likely N-dealkylation sites (tertiary alicyclic amines) is 1. The van der Waals surface area contributed by atoms with Crippen molar-refractivity contribution in [2.24, 2.45) is 0 Å². The van der Waals surface area contributed by atoms with E-state index in [0.29, 0.717) is 42.1 Å². The molecule has 0 bridgehead atoms. The van der Waals surface area contributed by atoms with Gasteiger partial charge in [-0.1, -0.05) is 6.07 Å². The Hall–Kier alpha value is -4.14. The van der Waals surface area contributed by atoms with Gasteiger partial charge in [0.1, 0.15) is 18.2 Å². The highest BCUT2D eigenvalue weighted by Crippen LogP contribution is 2.41. The molecule has 0 saturated carbocycles. The molecule has 1 unspecified atom stereocenters. The van der Waals surface area contributed by atoms with Crippen molar-refractivity contribution in [2.75, 3.05) is 20.8 Å². The molecule has 1 aromatic carbocycles. The van der Waals surface area contributed by atoms with Crippen molar-refractivity contribution in [1.82, 2.24) is 14.9 Å². The van der Waals surface area contributed by atoms with Crippen molar-refractivity contribution >= 4 is 17.4 Å². The number of benzene rings is 1. The summed E-state index contributed by atoms with van der Waals surface area (Å²) in [7, 11) is 3.05. The van der Waals surface area contributed by atoms with Crippen LogP contribution in [0.2, 0.25) is 0 Å². The fourth-order valence-corrected chi connectivity index (χ4v) is 4.03. The Bertz CT molecular complexity index is 1170. The van der Waals surface area contributed by atoms with Crippen LogP contribution in [-0.2, 0) is 16.1 Å². The van der Waals surface area contributed by atoms with Gasteiger partial charge >= 0.3 is 0 Å². The number of H-pyrrole nitrogens is 1. The van der Waals surface area contributed by atoms with Crippen molar-refractivity contribution in [3.8, 4) is 11.5 Å². The van der Waals surface area contributed by atoms with Crippen LogP contribution in [0, 0.1) is 0 Å². The lowest BCUT2D eigenvalue weighted by molar-refractivity contribution is -0.695. The highest BCUT2D eigenvalue weighted by molar-refractivity contribution is 6.46. The molecule has 33 heavy (non-hydrogen) atoms. The normalized spacial score (nSPS) is 17.4. The van der Waals surface area contributed by atoms with E-state index < -0.39 is 17.7 Å². The summed E-state index contributed by atoms with van der Waals surface area (Å²) >= 11 is 0. The Kier molecular flexibility index (Phi) is 6.39. The molecule has 1 amide bonds. The zero-order chi connectivity index (χ0) is 23.4. The van der Waals surface area contributed by atoms with Crippen LogP contribution in [0.1, 0.15) is 23.6 Å². The molecule has 170 valence electrons. The van der Waals surface area contributed by atoms with Crippen LogP contribution in [0.3, 0.4) is 0 Å². The number of aliphatic hydroxyl groups excluding tert-OH is 1. The second-order valence-corrected chi connectivity index (χ2v) is 7.55. The summed E-state index contributed by atoms with van der Waals surface area (Å²) in [5, 5.41) is 11.0. The Morgan fingerprint density at radius 3 is 2.58 bits per heavy atom. The van der Waals surface area contributed by atoms with Crippen molar-refractivity contribution < 1.29 is 28.7 Å². The van der Waals surface area contributed by atoms with Crippen molar-refractivity contribution in [3.05, 3.63) is 78.1 Å². The molecule has 9 nitrogen and oxygen atoms in total. The van der Waals surface area contributed by atoms with Gasteiger partial charge in [-0.15, -0.1) is 0 Å². The smallest absolute Gasteiger partial charge is 0.295 e. The van der Waals surface area contributed by atoms with Gasteiger partial charge in [0.2, 0.25) is 6.33 Å². The largest absolute Gasteiger partial charge is 0.507 e. The lowest BCUT2D eigenvalue weighted by atomic mass is 9.95. The van der Waals surface area contributed by atoms with Gasteiger partial charge in [0, 0.05) is 30.9 Å². The van der Waals surface area contributed by atoms with Gasteiger partial charge in [-0.2, -0.15) is 0 Å². The monoisotopic (exact) mass is 449 g/mol. The van der Waals surface area contributed by atoms with Crippen molar-refractivity contribution in [1.29, 1.82) is 0 Å². The topological polar surface area (TPSA) is 109 Å². The molecule has 2 N–H and O–H groups in total. The summed E-state index contributed by atoms with van der Waals surface area (Å²) in [6, 6.07) is 7.63. The minimum Gasteiger partial charge on any atom is -0.507 e. The van der Waals surface area contributed by atoms with Crippen LogP contribution in [0.4, 0.5) is 0 Å². The molecule has 1 saturated heterocycles. The number of carbonyl (C=O) groups excluding carboxylic acids is 2. The summed E-state index contributed by atoms with van der Waals surface area (Å²) < 4.78 is 12.7. The van der Waals surface area contributed by atoms with E-state index in [1.54, 1.807) is 30.3 Å². The zero-order valence-electron chi connectivity index (χ0n) is 18.4. The van der Waals surface area contributed by atoms with E-state index in [1.165, 1.54) is 31.5 Å².